The molecule has 2 N–H and O–H groups in total. The minimum atomic E-state index is 0.412. The van der Waals surface area contributed by atoms with Crippen molar-refractivity contribution < 1.29 is 4.74 Å². The third-order valence-electron chi connectivity index (χ3n) is 3.15. The van der Waals surface area contributed by atoms with Gasteiger partial charge in [0.1, 0.15) is 17.3 Å². The number of rotatable bonds is 5. The van der Waals surface area contributed by atoms with Crippen molar-refractivity contribution in [2.24, 2.45) is 5.73 Å². The Morgan fingerprint density at radius 1 is 1.15 bits per heavy atom. The maximum atomic E-state index is 5.94. The Labute approximate surface area is 125 Å². The van der Waals surface area contributed by atoms with Crippen LogP contribution < -0.4 is 10.5 Å². The van der Waals surface area contributed by atoms with Gasteiger partial charge in [0.2, 0.25) is 0 Å². The molecule has 0 bridgehead atoms. The molecule has 0 aromatic heterocycles. The lowest BCUT2D eigenvalue weighted by Crippen LogP contribution is -2.10. The van der Waals surface area contributed by atoms with Crippen molar-refractivity contribution in [3.8, 4) is 5.75 Å². The van der Waals surface area contributed by atoms with Gasteiger partial charge in [-0.1, -0.05) is 62.5 Å². The predicted molar refractivity (Wildman–Crippen MR) is 87.2 cm³/mol. The first-order valence-corrected chi connectivity index (χ1v) is 7.09. The summed E-state index contributed by atoms with van der Waals surface area (Å²) in [4.78, 5) is 0.412. The average molecular weight is 285 g/mol. The monoisotopic (exact) mass is 285 g/mol. The first-order chi connectivity index (χ1) is 9.58. The fraction of sp³-hybridized carbons (Fsp3) is 0.235. The van der Waals surface area contributed by atoms with Crippen LogP contribution in [0.25, 0.3) is 0 Å². The molecule has 2 nitrogen and oxygen atoms in total. The van der Waals surface area contributed by atoms with Crippen LogP contribution in [0.15, 0.2) is 48.5 Å². The second-order valence-electron chi connectivity index (χ2n) is 5.05. The molecular formula is C17H19NOS. The number of thiocarbonyl (C=S) groups is 1. The van der Waals surface area contributed by atoms with Gasteiger partial charge >= 0.3 is 0 Å². The molecule has 2 aromatic carbocycles. The topological polar surface area (TPSA) is 35.2 Å². The third-order valence-corrected chi connectivity index (χ3v) is 3.38. The molecule has 3 heteroatoms. The molecule has 2 rings (SSSR count). The Morgan fingerprint density at radius 2 is 1.90 bits per heavy atom. The van der Waals surface area contributed by atoms with E-state index in [0.717, 1.165) is 16.9 Å². The van der Waals surface area contributed by atoms with E-state index in [0.29, 0.717) is 17.5 Å². The van der Waals surface area contributed by atoms with Gasteiger partial charge in [-0.3, -0.25) is 0 Å². The van der Waals surface area contributed by atoms with Crippen LogP contribution in [0, 0.1) is 0 Å². The van der Waals surface area contributed by atoms with Crippen molar-refractivity contribution in [2.75, 3.05) is 0 Å². The first-order valence-electron chi connectivity index (χ1n) is 6.68. The van der Waals surface area contributed by atoms with Gasteiger partial charge < -0.3 is 10.5 Å². The molecule has 0 heterocycles. The zero-order chi connectivity index (χ0) is 14.5. The van der Waals surface area contributed by atoms with Crippen molar-refractivity contribution in [3.05, 3.63) is 65.2 Å². The van der Waals surface area contributed by atoms with E-state index in [1.807, 2.05) is 42.5 Å². The SMILES string of the molecule is CC(C)c1ccccc1OCc1cccc(C(N)=S)c1. The van der Waals surface area contributed by atoms with Crippen LogP contribution in [0.1, 0.15) is 36.5 Å². The molecule has 0 fully saturated rings. The van der Waals surface area contributed by atoms with Crippen molar-refractivity contribution in [1.29, 1.82) is 0 Å². The fourth-order valence-corrected chi connectivity index (χ4v) is 2.19. The lowest BCUT2D eigenvalue weighted by atomic mass is 10.0. The van der Waals surface area contributed by atoms with Crippen molar-refractivity contribution >= 4 is 17.2 Å². The van der Waals surface area contributed by atoms with E-state index in [9.17, 15) is 0 Å². The highest BCUT2D eigenvalue weighted by Gasteiger charge is 2.07. The lowest BCUT2D eigenvalue weighted by Gasteiger charge is -2.14. The molecule has 0 amide bonds. The van der Waals surface area contributed by atoms with Crippen LogP contribution in [0.3, 0.4) is 0 Å². The summed E-state index contributed by atoms with van der Waals surface area (Å²) in [6, 6.07) is 16.0. The molecule has 0 atom stereocenters. The molecule has 0 radical (unpaired) electrons. The molecule has 20 heavy (non-hydrogen) atoms. The van der Waals surface area contributed by atoms with Gasteiger partial charge in [0.25, 0.3) is 0 Å². The maximum absolute atomic E-state index is 5.94. The van der Waals surface area contributed by atoms with Crippen molar-refractivity contribution in [2.45, 2.75) is 26.4 Å². The minimum Gasteiger partial charge on any atom is -0.489 e. The highest BCUT2D eigenvalue weighted by atomic mass is 32.1. The van der Waals surface area contributed by atoms with Crippen LogP contribution in [0.4, 0.5) is 0 Å². The summed E-state index contributed by atoms with van der Waals surface area (Å²) >= 11 is 4.99. The number of nitrogens with two attached hydrogens (primary N) is 1. The second-order valence-corrected chi connectivity index (χ2v) is 5.49. The van der Waals surface area contributed by atoms with Gasteiger partial charge in [-0.2, -0.15) is 0 Å². The van der Waals surface area contributed by atoms with Gasteiger partial charge in [-0.25, -0.2) is 0 Å². The maximum Gasteiger partial charge on any atom is 0.123 e. The van der Waals surface area contributed by atoms with E-state index < -0.39 is 0 Å². The van der Waals surface area contributed by atoms with Crippen LogP contribution in [0.2, 0.25) is 0 Å². The Balaban J connectivity index is 2.13. The van der Waals surface area contributed by atoms with E-state index in [-0.39, 0.29) is 0 Å². The highest BCUT2D eigenvalue weighted by Crippen LogP contribution is 2.26. The molecule has 0 spiro atoms. The standard InChI is InChI=1S/C17H19NOS/c1-12(2)15-8-3-4-9-16(15)19-11-13-6-5-7-14(10-13)17(18)20/h3-10,12H,11H2,1-2H3,(H2,18,20). The number of benzene rings is 2. The van der Waals surface area contributed by atoms with Gasteiger partial charge in [0, 0.05) is 5.56 Å². The number of para-hydroxylation sites is 1. The summed E-state index contributed by atoms with van der Waals surface area (Å²) in [5.74, 6) is 1.37. The summed E-state index contributed by atoms with van der Waals surface area (Å²) in [6.45, 7) is 4.84. The Kier molecular flexibility index (Phi) is 4.74. The van der Waals surface area contributed by atoms with E-state index in [2.05, 4.69) is 19.9 Å². The van der Waals surface area contributed by atoms with Gasteiger partial charge in [0.15, 0.2) is 0 Å². The normalized spacial score (nSPS) is 10.6. The van der Waals surface area contributed by atoms with Crippen LogP contribution in [-0.2, 0) is 6.61 Å². The molecule has 2 aromatic rings. The van der Waals surface area contributed by atoms with Crippen LogP contribution in [0.5, 0.6) is 5.75 Å². The van der Waals surface area contributed by atoms with Gasteiger partial charge in [-0.15, -0.1) is 0 Å². The molecular weight excluding hydrogens is 266 g/mol. The number of hydrogen-bond acceptors (Lipinski definition) is 2. The Hall–Kier alpha value is -1.87. The summed E-state index contributed by atoms with van der Waals surface area (Å²) in [6.07, 6.45) is 0. The largest absolute Gasteiger partial charge is 0.489 e. The first kappa shape index (κ1) is 14.5. The zero-order valence-electron chi connectivity index (χ0n) is 11.8. The lowest BCUT2D eigenvalue weighted by molar-refractivity contribution is 0.302. The number of hydrogen-bond donors (Lipinski definition) is 1. The molecule has 0 aliphatic heterocycles. The summed E-state index contributed by atoms with van der Waals surface area (Å²) in [5.41, 5.74) is 8.80. The van der Waals surface area contributed by atoms with Crippen molar-refractivity contribution in [1.82, 2.24) is 0 Å². The van der Waals surface area contributed by atoms with Gasteiger partial charge in [0.05, 0.1) is 0 Å². The van der Waals surface area contributed by atoms with Gasteiger partial charge in [-0.05, 0) is 29.2 Å². The summed E-state index contributed by atoms with van der Waals surface area (Å²) < 4.78 is 5.94. The Morgan fingerprint density at radius 3 is 2.60 bits per heavy atom. The molecule has 0 saturated heterocycles. The molecule has 0 aliphatic rings. The predicted octanol–water partition coefficient (Wildman–Crippen LogP) is 4.02. The summed E-state index contributed by atoms with van der Waals surface area (Å²) in [7, 11) is 0. The molecule has 104 valence electrons. The van der Waals surface area contributed by atoms with E-state index in [1.165, 1.54) is 5.56 Å². The van der Waals surface area contributed by atoms with Crippen LogP contribution in [-0.4, -0.2) is 4.99 Å². The second kappa shape index (κ2) is 6.53. The number of ether oxygens (including phenoxy) is 1. The Bertz CT molecular complexity index is 607. The average Bonchev–Trinajstić information content (AvgIpc) is 2.45. The molecule has 0 saturated carbocycles. The van der Waals surface area contributed by atoms with E-state index in [4.69, 9.17) is 22.7 Å². The molecule has 0 unspecified atom stereocenters. The van der Waals surface area contributed by atoms with E-state index in [1.54, 1.807) is 0 Å². The van der Waals surface area contributed by atoms with E-state index >= 15 is 0 Å². The highest BCUT2D eigenvalue weighted by molar-refractivity contribution is 7.80. The van der Waals surface area contributed by atoms with Crippen molar-refractivity contribution in [3.63, 3.8) is 0 Å². The summed E-state index contributed by atoms with van der Waals surface area (Å²) in [5, 5.41) is 0. The third kappa shape index (κ3) is 3.58. The molecule has 0 aliphatic carbocycles. The minimum absolute atomic E-state index is 0.412. The quantitative estimate of drug-likeness (QED) is 0.843. The fourth-order valence-electron chi connectivity index (χ4n) is 2.06. The zero-order valence-corrected chi connectivity index (χ0v) is 12.6. The van der Waals surface area contributed by atoms with Crippen LogP contribution >= 0.6 is 12.2 Å². The smallest absolute Gasteiger partial charge is 0.123 e.